The van der Waals surface area contributed by atoms with Crippen LogP contribution in [0.15, 0.2) is 64.2 Å². The predicted octanol–water partition coefficient (Wildman–Crippen LogP) is 1.58. The van der Waals surface area contributed by atoms with Gasteiger partial charge in [0.25, 0.3) is 0 Å². The second kappa shape index (κ2) is 6.25. The molecule has 150 valence electrons. The molecule has 1 aromatic carbocycles. The van der Waals surface area contributed by atoms with Crippen molar-refractivity contribution in [2.75, 3.05) is 0 Å². The van der Waals surface area contributed by atoms with E-state index >= 15 is 0 Å². The van der Waals surface area contributed by atoms with Gasteiger partial charge in [0.15, 0.2) is 11.4 Å². The monoisotopic (exact) mass is 409 g/mol. The van der Waals surface area contributed by atoms with Crippen molar-refractivity contribution in [2.24, 2.45) is 0 Å². The number of nitrogens with one attached hydrogen (secondary N) is 1. The molecule has 2 heterocycles. The summed E-state index contributed by atoms with van der Waals surface area (Å²) in [6.07, 6.45) is 3.77. The first-order valence-electron chi connectivity index (χ1n) is 9.51. The van der Waals surface area contributed by atoms with Gasteiger partial charge in [-0.1, -0.05) is 42.5 Å². The van der Waals surface area contributed by atoms with Gasteiger partial charge in [0.05, 0.1) is 28.9 Å². The van der Waals surface area contributed by atoms with Gasteiger partial charge >= 0.3 is 11.4 Å². The van der Waals surface area contributed by atoms with Crippen LogP contribution in [-0.2, 0) is 5.54 Å². The largest absolute Gasteiger partial charge is 0.352 e. The molecule has 0 saturated carbocycles. The Hall–Kier alpha value is -4.50. The number of benzene rings is 1. The van der Waals surface area contributed by atoms with Crippen LogP contribution in [0, 0.1) is 22.7 Å². The Morgan fingerprint density at radius 1 is 1.06 bits per heavy atom. The number of aromatic nitrogens is 5. The zero-order chi connectivity index (χ0) is 21.9. The van der Waals surface area contributed by atoms with Gasteiger partial charge in [-0.2, -0.15) is 10.5 Å². The van der Waals surface area contributed by atoms with Gasteiger partial charge in [-0.3, -0.25) is 0 Å². The molecular formula is C22H15N7O2. The molecule has 0 fully saturated rings. The molecule has 2 aromatic heterocycles. The van der Waals surface area contributed by atoms with E-state index in [1.54, 1.807) is 37.3 Å². The van der Waals surface area contributed by atoms with Crippen LogP contribution in [0.2, 0.25) is 0 Å². The molecule has 1 unspecified atom stereocenters. The van der Waals surface area contributed by atoms with Crippen LogP contribution in [0.1, 0.15) is 41.5 Å². The number of para-hydroxylation sites is 1. The Morgan fingerprint density at radius 3 is 2.10 bits per heavy atom. The highest BCUT2D eigenvalue weighted by Gasteiger charge is 2.60. The Labute approximate surface area is 175 Å². The van der Waals surface area contributed by atoms with Crippen molar-refractivity contribution < 1.29 is 0 Å². The SMILES string of the molecule is C=C(C)C1(n2[nH]c(=O)n(-c3ccccc3)c2=O)[C@@H]2C=C[C@H]1c1nc(C#N)c(C#N)nc12. The lowest BCUT2D eigenvalue weighted by Gasteiger charge is -2.35. The minimum atomic E-state index is -1.08. The van der Waals surface area contributed by atoms with Gasteiger partial charge in [-0.05, 0) is 19.1 Å². The summed E-state index contributed by atoms with van der Waals surface area (Å²) in [5.74, 6) is -0.949. The average Bonchev–Trinajstić information content (AvgIpc) is 3.39. The third-order valence-corrected chi connectivity index (χ3v) is 6.06. The zero-order valence-corrected chi connectivity index (χ0v) is 16.4. The molecule has 3 atom stereocenters. The van der Waals surface area contributed by atoms with Gasteiger partial charge in [0.2, 0.25) is 0 Å². The third kappa shape index (κ3) is 2.17. The summed E-state index contributed by atoms with van der Waals surface area (Å²) in [4.78, 5) is 35.1. The summed E-state index contributed by atoms with van der Waals surface area (Å²) in [7, 11) is 0. The quantitative estimate of drug-likeness (QED) is 0.653. The molecule has 3 aromatic rings. The second-order valence-electron chi connectivity index (χ2n) is 7.57. The molecule has 9 nitrogen and oxygen atoms in total. The van der Waals surface area contributed by atoms with Gasteiger partial charge in [-0.25, -0.2) is 33.9 Å². The molecule has 9 heteroatoms. The van der Waals surface area contributed by atoms with E-state index in [1.807, 2.05) is 24.3 Å². The number of nitriles is 2. The van der Waals surface area contributed by atoms with Crippen LogP contribution in [0.5, 0.6) is 0 Å². The Bertz CT molecular complexity index is 1440. The van der Waals surface area contributed by atoms with Gasteiger partial charge in [-0.15, -0.1) is 0 Å². The number of fused-ring (bicyclic) bond motifs is 5. The second-order valence-corrected chi connectivity index (χ2v) is 7.57. The van der Waals surface area contributed by atoms with Crippen molar-refractivity contribution in [3.63, 3.8) is 0 Å². The normalized spacial score (nSPS) is 22.7. The fourth-order valence-electron chi connectivity index (χ4n) is 4.82. The highest BCUT2D eigenvalue weighted by Crippen LogP contribution is 2.60. The Morgan fingerprint density at radius 2 is 1.61 bits per heavy atom. The maximum atomic E-state index is 13.5. The molecule has 2 aliphatic carbocycles. The molecule has 1 N–H and O–H groups in total. The van der Waals surface area contributed by atoms with E-state index in [0.717, 1.165) is 4.57 Å². The van der Waals surface area contributed by atoms with E-state index in [1.165, 1.54) is 4.68 Å². The number of aromatic amines is 1. The molecular weight excluding hydrogens is 394 g/mol. The number of H-pyrrole nitrogens is 1. The highest BCUT2D eigenvalue weighted by molar-refractivity contribution is 5.54. The van der Waals surface area contributed by atoms with E-state index in [-0.39, 0.29) is 11.4 Å². The summed E-state index contributed by atoms with van der Waals surface area (Å²) in [5.41, 5.74) is -0.281. The lowest BCUT2D eigenvalue weighted by Crippen LogP contribution is -2.46. The minimum Gasteiger partial charge on any atom is -0.246 e. The molecule has 2 bridgehead atoms. The first-order valence-corrected chi connectivity index (χ1v) is 9.51. The van der Waals surface area contributed by atoms with Gasteiger partial charge in [0, 0.05) is 0 Å². The van der Waals surface area contributed by atoms with Crippen molar-refractivity contribution >= 4 is 0 Å². The van der Waals surface area contributed by atoms with Crippen molar-refractivity contribution in [2.45, 2.75) is 24.3 Å². The average molecular weight is 409 g/mol. The topological polar surface area (TPSA) is 133 Å². The molecule has 0 amide bonds. The maximum absolute atomic E-state index is 13.5. The summed E-state index contributed by atoms with van der Waals surface area (Å²) in [6, 6.07) is 12.4. The Kier molecular flexibility index (Phi) is 3.73. The van der Waals surface area contributed by atoms with Gasteiger partial charge < -0.3 is 0 Å². The van der Waals surface area contributed by atoms with Crippen LogP contribution >= 0.6 is 0 Å². The van der Waals surface area contributed by atoms with Crippen LogP contribution in [0.3, 0.4) is 0 Å². The highest BCUT2D eigenvalue weighted by atomic mass is 16.2. The predicted molar refractivity (Wildman–Crippen MR) is 110 cm³/mol. The van der Waals surface area contributed by atoms with Crippen LogP contribution in [0.4, 0.5) is 0 Å². The smallest absolute Gasteiger partial charge is 0.246 e. The number of hydrogen-bond acceptors (Lipinski definition) is 6. The maximum Gasteiger partial charge on any atom is 0.352 e. The van der Waals surface area contributed by atoms with Crippen molar-refractivity contribution in [1.82, 2.24) is 24.3 Å². The standard InChI is InChI=1S/C22H15N7O2/c1-12(2)22(29-21(31)28(20(30)27-29)13-6-4-3-5-7-13)14-8-9-15(22)19-18(14)25-16(10-23)17(11-24)26-19/h3-9,14-15H,1H2,2H3,(H,27,30)/t14-,15+,22?. The molecule has 31 heavy (non-hydrogen) atoms. The molecule has 2 aliphatic rings. The van der Waals surface area contributed by atoms with Crippen LogP contribution in [-0.4, -0.2) is 24.3 Å². The van der Waals surface area contributed by atoms with E-state index in [2.05, 4.69) is 21.6 Å². The van der Waals surface area contributed by atoms with Crippen molar-refractivity contribution in [3.05, 3.63) is 98.4 Å². The summed E-state index contributed by atoms with van der Waals surface area (Å²) in [5, 5.41) is 21.4. The number of hydrogen-bond donors (Lipinski definition) is 1. The summed E-state index contributed by atoms with van der Waals surface area (Å²) < 4.78 is 2.36. The van der Waals surface area contributed by atoms with Gasteiger partial charge in [0.1, 0.15) is 17.7 Å². The zero-order valence-electron chi connectivity index (χ0n) is 16.4. The molecule has 5 rings (SSSR count). The Balaban J connectivity index is 1.79. The van der Waals surface area contributed by atoms with E-state index in [4.69, 9.17) is 0 Å². The molecule has 0 radical (unpaired) electrons. The van der Waals surface area contributed by atoms with Crippen LogP contribution in [0.25, 0.3) is 5.69 Å². The lowest BCUT2D eigenvalue weighted by molar-refractivity contribution is 0.280. The van der Waals surface area contributed by atoms with Crippen molar-refractivity contribution in [1.29, 1.82) is 10.5 Å². The fraction of sp³-hybridized carbons (Fsp3) is 0.182. The lowest BCUT2D eigenvalue weighted by atomic mass is 9.79. The van der Waals surface area contributed by atoms with E-state index < -0.39 is 28.8 Å². The first kappa shape index (κ1) is 18.5. The number of allylic oxidation sites excluding steroid dienone is 3. The molecule has 0 aliphatic heterocycles. The van der Waals surface area contributed by atoms with E-state index in [9.17, 15) is 20.1 Å². The summed E-state index contributed by atoms with van der Waals surface area (Å²) in [6.45, 7) is 5.91. The fourth-order valence-corrected chi connectivity index (χ4v) is 4.82. The van der Waals surface area contributed by atoms with Crippen LogP contribution < -0.4 is 11.4 Å². The first-order chi connectivity index (χ1) is 14.9. The molecule has 0 saturated heterocycles. The third-order valence-electron chi connectivity index (χ3n) is 6.06. The summed E-state index contributed by atoms with van der Waals surface area (Å²) >= 11 is 0. The molecule has 0 spiro atoms. The van der Waals surface area contributed by atoms with Crippen molar-refractivity contribution in [3.8, 4) is 17.8 Å². The minimum absolute atomic E-state index is 0.0690. The van der Waals surface area contributed by atoms with E-state index in [0.29, 0.717) is 22.6 Å². The number of rotatable bonds is 3. The number of nitrogens with zero attached hydrogens (tertiary/aromatic N) is 6.